The molecule has 1 N–H and O–H groups in total. The molecule has 1 aromatic rings. The van der Waals surface area contributed by atoms with Crippen LogP contribution < -0.4 is 5.43 Å². The molecule has 0 amide bonds. The summed E-state index contributed by atoms with van der Waals surface area (Å²) in [6.45, 7) is 0.0113. The van der Waals surface area contributed by atoms with E-state index in [4.69, 9.17) is 0 Å². The second-order valence-corrected chi connectivity index (χ2v) is 4.18. The van der Waals surface area contributed by atoms with E-state index < -0.39 is 5.97 Å². The summed E-state index contributed by atoms with van der Waals surface area (Å²) < 4.78 is 11.4. The molecule has 0 spiro atoms. The minimum absolute atomic E-state index is 0.0113. The van der Waals surface area contributed by atoms with Crippen molar-refractivity contribution in [2.75, 3.05) is 26.3 Å². The van der Waals surface area contributed by atoms with E-state index in [0.717, 1.165) is 0 Å². The third-order valence-electron chi connectivity index (χ3n) is 1.95. The molecule has 0 aliphatic heterocycles. The average molecular weight is 317 g/mol. The molecule has 0 atom stereocenters. The van der Waals surface area contributed by atoms with Gasteiger partial charge < -0.3 is 14.9 Å². The Morgan fingerprint density at radius 1 is 1.50 bits per heavy atom. The lowest BCUT2D eigenvalue weighted by atomic mass is 10.4. The molecule has 0 aliphatic carbocycles. The van der Waals surface area contributed by atoms with Crippen molar-refractivity contribution in [3.8, 4) is 0 Å². The quantitative estimate of drug-likeness (QED) is 0.633. The van der Waals surface area contributed by atoms with Crippen LogP contribution in [-0.2, 0) is 14.3 Å². The average Bonchev–Trinajstić information content (AvgIpc) is 2.70. The summed E-state index contributed by atoms with van der Waals surface area (Å²) in [5, 5.41) is 0. The van der Waals surface area contributed by atoms with Gasteiger partial charge >= 0.3 is 5.97 Å². The number of nitrogens with one attached hydrogen (secondary N) is 1. The van der Waals surface area contributed by atoms with Gasteiger partial charge in [-0.05, 0) is 22.0 Å². The standard InChI is InChI=1S/C11H13BrN2O4/c1-17-7-9(15)3-4-13-14-6-8(12)5-10(14)11(16)18-2/h3-6,13H,7H2,1-2H3. The molecule has 0 radical (unpaired) electrons. The van der Waals surface area contributed by atoms with Crippen LogP contribution in [0.2, 0.25) is 0 Å². The third kappa shape index (κ3) is 4.01. The number of halogens is 1. The fraction of sp³-hybridized carbons (Fsp3) is 0.273. The number of esters is 1. The number of ketones is 1. The van der Waals surface area contributed by atoms with Crippen molar-refractivity contribution < 1.29 is 19.1 Å². The molecule has 18 heavy (non-hydrogen) atoms. The molecule has 0 aliphatic rings. The number of hydrogen-bond donors (Lipinski definition) is 1. The highest BCUT2D eigenvalue weighted by molar-refractivity contribution is 9.10. The van der Waals surface area contributed by atoms with Crippen LogP contribution in [0.25, 0.3) is 0 Å². The molecule has 7 heteroatoms. The Hall–Kier alpha value is -1.60. The highest BCUT2D eigenvalue weighted by Crippen LogP contribution is 2.14. The van der Waals surface area contributed by atoms with Gasteiger partial charge in [-0.3, -0.25) is 9.47 Å². The second kappa shape index (κ2) is 6.97. The number of methoxy groups -OCH3 is 2. The van der Waals surface area contributed by atoms with Gasteiger partial charge in [-0.25, -0.2) is 4.79 Å². The Bertz CT molecular complexity index is 468. The molecule has 1 heterocycles. The first-order valence-corrected chi connectivity index (χ1v) is 5.79. The topological polar surface area (TPSA) is 69.6 Å². The Labute approximate surface area is 113 Å². The van der Waals surface area contributed by atoms with Gasteiger partial charge in [0.2, 0.25) is 0 Å². The molecule has 98 valence electrons. The summed E-state index contributed by atoms with van der Waals surface area (Å²) in [6.07, 6.45) is 4.37. The van der Waals surface area contributed by atoms with Crippen molar-refractivity contribution in [3.63, 3.8) is 0 Å². The van der Waals surface area contributed by atoms with Crippen LogP contribution in [-0.4, -0.2) is 37.3 Å². The lowest BCUT2D eigenvalue weighted by Crippen LogP contribution is -2.16. The first kappa shape index (κ1) is 14.5. The Morgan fingerprint density at radius 2 is 2.22 bits per heavy atom. The van der Waals surface area contributed by atoms with E-state index in [0.29, 0.717) is 10.2 Å². The van der Waals surface area contributed by atoms with E-state index in [-0.39, 0.29) is 12.4 Å². The summed E-state index contributed by atoms with van der Waals surface area (Å²) in [6, 6.07) is 1.60. The maximum absolute atomic E-state index is 11.4. The predicted molar refractivity (Wildman–Crippen MR) is 68.9 cm³/mol. The fourth-order valence-corrected chi connectivity index (χ4v) is 1.62. The van der Waals surface area contributed by atoms with E-state index in [1.54, 1.807) is 12.3 Å². The largest absolute Gasteiger partial charge is 0.464 e. The van der Waals surface area contributed by atoms with E-state index >= 15 is 0 Å². The van der Waals surface area contributed by atoms with Gasteiger partial charge in [0.05, 0.1) is 7.11 Å². The molecule has 0 unspecified atom stereocenters. The minimum atomic E-state index is -0.482. The zero-order valence-electron chi connectivity index (χ0n) is 9.97. The van der Waals surface area contributed by atoms with Crippen molar-refractivity contribution in [2.45, 2.75) is 0 Å². The lowest BCUT2D eigenvalue weighted by Gasteiger charge is -2.06. The summed E-state index contributed by atoms with van der Waals surface area (Å²) in [5.41, 5.74) is 3.08. The molecule has 0 fully saturated rings. The lowest BCUT2D eigenvalue weighted by molar-refractivity contribution is -0.118. The zero-order valence-corrected chi connectivity index (χ0v) is 11.6. The van der Waals surface area contributed by atoms with Crippen LogP contribution in [0.15, 0.2) is 29.0 Å². The van der Waals surface area contributed by atoms with Crippen molar-refractivity contribution >= 4 is 27.7 Å². The number of nitrogens with zero attached hydrogens (tertiary/aromatic N) is 1. The maximum atomic E-state index is 11.4. The number of hydrogen-bond acceptors (Lipinski definition) is 5. The normalized spacial score (nSPS) is 10.6. The summed E-state index contributed by atoms with van der Waals surface area (Å²) in [5.74, 6) is -0.666. The summed E-state index contributed by atoms with van der Waals surface area (Å²) in [4.78, 5) is 22.6. The Morgan fingerprint density at radius 3 is 2.83 bits per heavy atom. The van der Waals surface area contributed by atoms with Crippen molar-refractivity contribution in [2.24, 2.45) is 0 Å². The molecular weight excluding hydrogens is 304 g/mol. The molecule has 1 rings (SSSR count). The second-order valence-electron chi connectivity index (χ2n) is 3.27. The van der Waals surface area contributed by atoms with Gasteiger partial charge in [0.25, 0.3) is 0 Å². The smallest absolute Gasteiger partial charge is 0.356 e. The molecule has 6 nitrogen and oxygen atoms in total. The number of carbonyl (C=O) groups excluding carboxylic acids is 2. The first-order valence-electron chi connectivity index (χ1n) is 4.99. The summed E-state index contributed by atoms with van der Waals surface area (Å²) >= 11 is 3.25. The SMILES string of the molecule is COCC(=O)C=CNn1cc(Br)cc1C(=O)OC. The monoisotopic (exact) mass is 316 g/mol. The van der Waals surface area contributed by atoms with E-state index in [1.165, 1.54) is 31.2 Å². The van der Waals surface area contributed by atoms with Crippen LogP contribution in [0.3, 0.4) is 0 Å². The predicted octanol–water partition coefficient (Wildman–Crippen LogP) is 1.31. The molecule has 0 aromatic carbocycles. The number of aromatic nitrogens is 1. The molecular formula is C11H13BrN2O4. The Balaban J connectivity index is 2.73. The molecule has 0 saturated carbocycles. The highest BCUT2D eigenvalue weighted by Gasteiger charge is 2.12. The van der Waals surface area contributed by atoms with Gasteiger partial charge in [0, 0.05) is 30.1 Å². The number of carbonyl (C=O) groups is 2. The van der Waals surface area contributed by atoms with Crippen LogP contribution in [0.4, 0.5) is 0 Å². The highest BCUT2D eigenvalue weighted by atomic mass is 79.9. The molecule has 0 saturated heterocycles. The van der Waals surface area contributed by atoms with E-state index in [1.807, 2.05) is 0 Å². The van der Waals surface area contributed by atoms with Crippen LogP contribution in [0.5, 0.6) is 0 Å². The fourth-order valence-electron chi connectivity index (χ4n) is 1.20. The van der Waals surface area contributed by atoms with Gasteiger partial charge in [-0.1, -0.05) is 0 Å². The van der Waals surface area contributed by atoms with Crippen molar-refractivity contribution in [1.29, 1.82) is 0 Å². The van der Waals surface area contributed by atoms with Gasteiger partial charge in [-0.2, -0.15) is 0 Å². The number of ether oxygens (including phenoxy) is 2. The molecule has 0 bridgehead atoms. The van der Waals surface area contributed by atoms with E-state index in [2.05, 4.69) is 30.8 Å². The van der Waals surface area contributed by atoms with Crippen LogP contribution in [0, 0.1) is 0 Å². The number of rotatable bonds is 6. The minimum Gasteiger partial charge on any atom is -0.464 e. The molecule has 1 aromatic heterocycles. The Kier molecular flexibility index (Phi) is 5.60. The third-order valence-corrected chi connectivity index (χ3v) is 2.38. The zero-order chi connectivity index (χ0) is 13.5. The van der Waals surface area contributed by atoms with Crippen molar-refractivity contribution in [3.05, 3.63) is 34.7 Å². The van der Waals surface area contributed by atoms with Crippen LogP contribution >= 0.6 is 15.9 Å². The van der Waals surface area contributed by atoms with E-state index in [9.17, 15) is 9.59 Å². The van der Waals surface area contributed by atoms with Gasteiger partial charge in [-0.15, -0.1) is 0 Å². The van der Waals surface area contributed by atoms with Gasteiger partial charge in [0.15, 0.2) is 5.78 Å². The summed E-state index contributed by atoms with van der Waals surface area (Å²) in [7, 11) is 2.74. The van der Waals surface area contributed by atoms with Crippen molar-refractivity contribution in [1.82, 2.24) is 4.68 Å². The first-order chi connectivity index (χ1) is 8.58. The van der Waals surface area contributed by atoms with Crippen LogP contribution in [0.1, 0.15) is 10.5 Å². The van der Waals surface area contributed by atoms with Gasteiger partial charge in [0.1, 0.15) is 12.3 Å². The maximum Gasteiger partial charge on any atom is 0.356 e.